The van der Waals surface area contributed by atoms with Gasteiger partial charge in [-0.05, 0) is 51.0 Å². The number of hydrogen-bond donors (Lipinski definition) is 1. The van der Waals surface area contributed by atoms with E-state index in [4.69, 9.17) is 0 Å². The van der Waals surface area contributed by atoms with Crippen LogP contribution in [0.2, 0.25) is 0 Å². The molecule has 4 atom stereocenters. The van der Waals surface area contributed by atoms with Gasteiger partial charge in [-0.2, -0.15) is 5.01 Å². The molecular weight excluding hydrogens is 348 g/mol. The lowest BCUT2D eigenvalue weighted by atomic mass is 9.81. The Labute approximate surface area is 157 Å². The highest BCUT2D eigenvalue weighted by Crippen LogP contribution is 2.59. The van der Waals surface area contributed by atoms with Crippen LogP contribution in [0.4, 0.5) is 0 Å². The Balaban J connectivity index is 1.53. The molecule has 5 nitrogen and oxygen atoms in total. The summed E-state index contributed by atoms with van der Waals surface area (Å²) in [5.41, 5.74) is 5.65. The molecule has 26 heavy (non-hydrogen) atoms. The molecule has 4 rings (SSSR count). The van der Waals surface area contributed by atoms with Crippen molar-refractivity contribution in [2.75, 3.05) is 0 Å². The number of carbonyl (C=O) groups excluding carboxylic acids is 3. The highest BCUT2D eigenvalue weighted by molar-refractivity contribution is 7.10. The van der Waals surface area contributed by atoms with Crippen molar-refractivity contribution < 1.29 is 14.4 Å². The van der Waals surface area contributed by atoms with Gasteiger partial charge in [0.25, 0.3) is 17.7 Å². The first-order chi connectivity index (χ1) is 12.4. The van der Waals surface area contributed by atoms with Crippen LogP contribution in [0.5, 0.6) is 0 Å². The quantitative estimate of drug-likeness (QED) is 0.651. The number of hydrazine groups is 1. The van der Waals surface area contributed by atoms with Crippen LogP contribution >= 0.6 is 11.3 Å². The third kappa shape index (κ3) is 2.46. The van der Waals surface area contributed by atoms with Crippen molar-refractivity contribution >= 4 is 29.1 Å². The normalized spacial score (nSPS) is 29.5. The zero-order valence-corrected chi connectivity index (χ0v) is 16.2. The molecule has 6 heteroatoms. The fourth-order valence-corrected chi connectivity index (χ4v) is 6.12. The zero-order valence-electron chi connectivity index (χ0n) is 15.4. The van der Waals surface area contributed by atoms with E-state index in [1.807, 2.05) is 6.07 Å². The largest absolute Gasteiger partial charge is 0.272 e. The van der Waals surface area contributed by atoms with Gasteiger partial charge in [0.05, 0.1) is 17.4 Å². The molecule has 1 aromatic heterocycles. The van der Waals surface area contributed by atoms with Gasteiger partial charge in [-0.3, -0.25) is 19.8 Å². The number of allylic oxidation sites excluding steroid dienone is 2. The van der Waals surface area contributed by atoms with Gasteiger partial charge >= 0.3 is 0 Å². The first-order valence-electron chi connectivity index (χ1n) is 9.37. The second kappa shape index (κ2) is 6.34. The summed E-state index contributed by atoms with van der Waals surface area (Å²) in [4.78, 5) is 39.5. The van der Waals surface area contributed by atoms with Gasteiger partial charge in [0.2, 0.25) is 0 Å². The first-order valence-corrected chi connectivity index (χ1v) is 10.3. The summed E-state index contributed by atoms with van der Waals surface area (Å²) in [5, 5.41) is 2.79. The molecule has 2 aliphatic carbocycles. The molecule has 0 spiro atoms. The lowest BCUT2D eigenvalue weighted by molar-refractivity contribution is -0.143. The average molecular weight is 372 g/mol. The number of carbonyl (C=O) groups is 3. The topological polar surface area (TPSA) is 66.5 Å². The maximum atomic E-state index is 12.9. The van der Waals surface area contributed by atoms with Gasteiger partial charge in [0, 0.05) is 10.3 Å². The third-order valence-electron chi connectivity index (χ3n) is 6.06. The van der Waals surface area contributed by atoms with Crippen LogP contribution in [-0.2, 0) is 16.0 Å². The molecular formula is C20H24N2O3S. The number of nitrogens with one attached hydrogen (secondary N) is 1. The van der Waals surface area contributed by atoms with E-state index in [0.29, 0.717) is 5.56 Å². The SMILES string of the molecule is CCCc1cc(C(=O)NN2C(=O)[C@@H]3[C@H](C2=O)[C@H]2CC[C@H]3C2=C(C)C)cs1. The minimum absolute atomic E-state index is 0.172. The summed E-state index contributed by atoms with van der Waals surface area (Å²) < 4.78 is 0. The van der Waals surface area contributed by atoms with Crippen LogP contribution in [-0.4, -0.2) is 22.7 Å². The average Bonchev–Trinajstić information content (AvgIpc) is 3.34. The van der Waals surface area contributed by atoms with E-state index in [-0.39, 0.29) is 41.4 Å². The van der Waals surface area contributed by atoms with E-state index < -0.39 is 0 Å². The van der Waals surface area contributed by atoms with Crippen LogP contribution in [0, 0.1) is 23.7 Å². The number of fused-ring (bicyclic) bond motifs is 5. The van der Waals surface area contributed by atoms with Crippen LogP contribution in [0.1, 0.15) is 55.3 Å². The Morgan fingerprint density at radius 2 is 1.81 bits per heavy atom. The Kier molecular flexibility index (Phi) is 4.26. The number of hydrogen-bond acceptors (Lipinski definition) is 4. The van der Waals surface area contributed by atoms with Crippen molar-refractivity contribution in [3.63, 3.8) is 0 Å². The molecule has 3 aliphatic rings. The Morgan fingerprint density at radius 1 is 1.19 bits per heavy atom. The maximum Gasteiger partial charge on any atom is 0.271 e. The highest BCUT2D eigenvalue weighted by Gasteiger charge is 2.63. The molecule has 2 bridgehead atoms. The van der Waals surface area contributed by atoms with E-state index in [0.717, 1.165) is 35.6 Å². The highest BCUT2D eigenvalue weighted by atomic mass is 32.1. The van der Waals surface area contributed by atoms with Gasteiger partial charge in [0.1, 0.15) is 0 Å². The maximum absolute atomic E-state index is 12.9. The fraction of sp³-hybridized carbons (Fsp3) is 0.550. The molecule has 138 valence electrons. The molecule has 1 saturated heterocycles. The molecule has 2 heterocycles. The number of imide groups is 1. The molecule has 1 N–H and O–H groups in total. The molecule has 0 aromatic carbocycles. The van der Waals surface area contributed by atoms with Crippen LogP contribution < -0.4 is 5.43 Å². The van der Waals surface area contributed by atoms with Crippen molar-refractivity contribution in [2.45, 2.75) is 46.5 Å². The standard InChI is InChI=1S/C20H24N2O3S/c1-4-5-12-8-11(9-26-12)18(23)21-22-19(24)16-13-6-7-14(15(13)10(2)3)17(16)20(22)25/h8-9,13-14,16-17H,4-7H2,1-3H3,(H,21,23)/t13-,14-,16-,17+/m0/s1. The van der Waals surface area contributed by atoms with Crippen LogP contribution in [0.3, 0.4) is 0 Å². The molecule has 1 aliphatic heterocycles. The molecule has 0 radical (unpaired) electrons. The summed E-state index contributed by atoms with van der Waals surface area (Å²) >= 11 is 1.54. The summed E-state index contributed by atoms with van der Waals surface area (Å²) in [5.74, 6) is -1.07. The van der Waals surface area contributed by atoms with Gasteiger partial charge in [-0.25, -0.2) is 0 Å². The van der Waals surface area contributed by atoms with Crippen molar-refractivity contribution in [3.8, 4) is 0 Å². The van der Waals surface area contributed by atoms with Crippen molar-refractivity contribution in [1.29, 1.82) is 0 Å². The second-order valence-electron chi connectivity index (χ2n) is 7.80. The Hall–Kier alpha value is -1.95. The summed E-state index contributed by atoms with van der Waals surface area (Å²) in [6.07, 6.45) is 3.89. The monoisotopic (exact) mass is 372 g/mol. The van der Waals surface area contributed by atoms with Crippen molar-refractivity contribution in [3.05, 3.63) is 33.0 Å². The second-order valence-corrected chi connectivity index (χ2v) is 8.80. The molecule has 0 unspecified atom stereocenters. The summed E-state index contributed by atoms with van der Waals surface area (Å²) in [7, 11) is 0. The zero-order chi connectivity index (χ0) is 18.6. The van der Waals surface area contributed by atoms with Gasteiger partial charge in [0.15, 0.2) is 0 Å². The molecule has 3 amide bonds. The fourth-order valence-electron chi connectivity index (χ4n) is 5.14. The van der Waals surface area contributed by atoms with E-state index in [2.05, 4.69) is 26.2 Å². The van der Waals surface area contributed by atoms with Gasteiger partial charge < -0.3 is 0 Å². The van der Waals surface area contributed by atoms with Crippen LogP contribution in [0.15, 0.2) is 22.6 Å². The Bertz CT molecular complexity index is 789. The van der Waals surface area contributed by atoms with Crippen molar-refractivity contribution in [2.24, 2.45) is 23.7 Å². The predicted octanol–water partition coefficient (Wildman–Crippen LogP) is 3.32. The number of nitrogens with zero attached hydrogens (tertiary/aromatic N) is 1. The Morgan fingerprint density at radius 3 is 2.35 bits per heavy atom. The summed E-state index contributed by atoms with van der Waals surface area (Å²) in [6, 6.07) is 1.85. The predicted molar refractivity (Wildman–Crippen MR) is 99.2 cm³/mol. The van der Waals surface area contributed by atoms with E-state index in [1.54, 1.807) is 5.38 Å². The van der Waals surface area contributed by atoms with Crippen LogP contribution in [0.25, 0.3) is 0 Å². The lowest BCUT2D eigenvalue weighted by Gasteiger charge is -2.19. The minimum Gasteiger partial charge on any atom is -0.272 e. The minimum atomic E-state index is -0.375. The number of thiophene rings is 1. The third-order valence-corrected chi connectivity index (χ3v) is 7.05. The summed E-state index contributed by atoms with van der Waals surface area (Å²) in [6.45, 7) is 6.23. The number of amides is 3. The van der Waals surface area contributed by atoms with E-state index in [9.17, 15) is 14.4 Å². The molecule has 1 aromatic rings. The molecule has 2 saturated carbocycles. The first kappa shape index (κ1) is 17.5. The van der Waals surface area contributed by atoms with E-state index in [1.165, 1.54) is 22.5 Å². The number of aryl methyl sites for hydroxylation is 1. The van der Waals surface area contributed by atoms with E-state index >= 15 is 0 Å². The lowest BCUT2D eigenvalue weighted by Crippen LogP contribution is -2.47. The van der Waals surface area contributed by atoms with Gasteiger partial charge in [-0.1, -0.05) is 24.5 Å². The molecule has 3 fully saturated rings. The smallest absolute Gasteiger partial charge is 0.271 e. The number of rotatable bonds is 4. The van der Waals surface area contributed by atoms with Crippen molar-refractivity contribution in [1.82, 2.24) is 10.4 Å². The van der Waals surface area contributed by atoms with Gasteiger partial charge in [-0.15, -0.1) is 11.3 Å².